The lowest BCUT2D eigenvalue weighted by Crippen LogP contribution is -2.37. The van der Waals surface area contributed by atoms with Crippen LogP contribution in [0.25, 0.3) is 0 Å². The molecule has 1 fully saturated rings. The number of hydrogen-bond donors (Lipinski definition) is 1. The number of nitrogens with one attached hydrogen (secondary N) is 1. The third-order valence-corrected chi connectivity index (χ3v) is 4.21. The van der Waals surface area contributed by atoms with Crippen molar-refractivity contribution in [3.8, 4) is 0 Å². The van der Waals surface area contributed by atoms with Gasteiger partial charge in [0.1, 0.15) is 0 Å². The van der Waals surface area contributed by atoms with Gasteiger partial charge in [0.25, 0.3) is 0 Å². The van der Waals surface area contributed by atoms with E-state index in [0.29, 0.717) is 0 Å². The Hall–Kier alpha value is -0.730. The molecule has 0 spiro atoms. The smallest absolute Gasteiger partial charge is 0.0412 e. The van der Waals surface area contributed by atoms with Crippen LogP contribution in [-0.2, 0) is 6.54 Å². The number of rotatable bonds is 3. The number of benzene rings is 1. The van der Waals surface area contributed by atoms with Gasteiger partial charge in [-0.2, -0.15) is 0 Å². The zero-order valence-corrected chi connectivity index (χ0v) is 13.9. The standard InChI is InChI=1S/C17H27ClN2/c1-13-7-9-20(10-8-13)16-6-5-15(18)11-14(16)12-19-17(2,3)4/h5-6,11,13,19H,7-10,12H2,1-4H3. The monoisotopic (exact) mass is 294 g/mol. The quantitative estimate of drug-likeness (QED) is 0.885. The van der Waals surface area contributed by atoms with Gasteiger partial charge in [-0.05, 0) is 63.3 Å². The maximum absolute atomic E-state index is 6.18. The zero-order valence-electron chi connectivity index (χ0n) is 13.2. The van der Waals surface area contributed by atoms with E-state index in [9.17, 15) is 0 Å². The Morgan fingerprint density at radius 2 is 1.90 bits per heavy atom. The molecule has 1 aromatic rings. The Kier molecular flexibility index (Phi) is 4.98. The van der Waals surface area contributed by atoms with Crippen LogP contribution in [0.3, 0.4) is 0 Å². The van der Waals surface area contributed by atoms with Gasteiger partial charge in [-0.15, -0.1) is 0 Å². The van der Waals surface area contributed by atoms with Crippen LogP contribution in [0.15, 0.2) is 18.2 Å². The first-order chi connectivity index (χ1) is 9.35. The first-order valence-electron chi connectivity index (χ1n) is 7.63. The van der Waals surface area contributed by atoms with E-state index in [1.165, 1.54) is 24.1 Å². The molecule has 2 rings (SSSR count). The highest BCUT2D eigenvalue weighted by Gasteiger charge is 2.19. The second-order valence-electron chi connectivity index (χ2n) is 7.05. The van der Waals surface area contributed by atoms with Gasteiger partial charge < -0.3 is 10.2 Å². The highest BCUT2D eigenvalue weighted by atomic mass is 35.5. The maximum atomic E-state index is 6.18. The molecule has 0 amide bonds. The molecule has 0 aromatic heterocycles. The van der Waals surface area contributed by atoms with Crippen molar-refractivity contribution < 1.29 is 0 Å². The molecular weight excluding hydrogens is 268 g/mol. The number of halogens is 1. The number of anilines is 1. The van der Waals surface area contributed by atoms with E-state index in [4.69, 9.17) is 11.6 Å². The molecule has 2 nitrogen and oxygen atoms in total. The Balaban J connectivity index is 2.15. The molecule has 112 valence electrons. The summed E-state index contributed by atoms with van der Waals surface area (Å²) < 4.78 is 0. The summed E-state index contributed by atoms with van der Waals surface area (Å²) in [5.41, 5.74) is 2.77. The van der Waals surface area contributed by atoms with Crippen molar-refractivity contribution in [2.45, 2.75) is 52.6 Å². The van der Waals surface area contributed by atoms with Crippen LogP contribution in [-0.4, -0.2) is 18.6 Å². The topological polar surface area (TPSA) is 15.3 Å². The third kappa shape index (κ3) is 4.39. The lowest BCUT2D eigenvalue weighted by atomic mass is 9.98. The van der Waals surface area contributed by atoms with Gasteiger partial charge in [-0.3, -0.25) is 0 Å². The fourth-order valence-electron chi connectivity index (χ4n) is 2.61. The fraction of sp³-hybridized carbons (Fsp3) is 0.647. The average Bonchev–Trinajstić information content (AvgIpc) is 2.37. The summed E-state index contributed by atoms with van der Waals surface area (Å²) in [5, 5.41) is 4.39. The molecule has 1 saturated heterocycles. The molecule has 1 aliphatic heterocycles. The molecule has 0 bridgehead atoms. The van der Waals surface area contributed by atoms with Crippen LogP contribution >= 0.6 is 11.6 Å². The van der Waals surface area contributed by atoms with Crippen molar-refractivity contribution in [2.24, 2.45) is 5.92 Å². The molecule has 1 aliphatic rings. The van der Waals surface area contributed by atoms with E-state index in [-0.39, 0.29) is 5.54 Å². The number of piperidine rings is 1. The predicted molar refractivity (Wildman–Crippen MR) is 88.7 cm³/mol. The summed E-state index contributed by atoms with van der Waals surface area (Å²) in [6.07, 6.45) is 2.57. The Labute approximate surface area is 128 Å². The van der Waals surface area contributed by atoms with Crippen molar-refractivity contribution in [3.05, 3.63) is 28.8 Å². The van der Waals surface area contributed by atoms with E-state index in [2.05, 4.69) is 50.0 Å². The molecule has 0 saturated carbocycles. The van der Waals surface area contributed by atoms with Gasteiger partial charge >= 0.3 is 0 Å². The van der Waals surface area contributed by atoms with Gasteiger partial charge in [0.2, 0.25) is 0 Å². The highest BCUT2D eigenvalue weighted by molar-refractivity contribution is 6.30. The van der Waals surface area contributed by atoms with Crippen molar-refractivity contribution in [1.29, 1.82) is 0 Å². The number of nitrogens with zero attached hydrogens (tertiary/aromatic N) is 1. The van der Waals surface area contributed by atoms with Crippen LogP contribution in [0.1, 0.15) is 46.1 Å². The SMILES string of the molecule is CC1CCN(c2ccc(Cl)cc2CNC(C)(C)C)CC1. The normalized spacial score (nSPS) is 17.6. The lowest BCUT2D eigenvalue weighted by Gasteiger charge is -2.34. The minimum atomic E-state index is 0.121. The van der Waals surface area contributed by atoms with Crippen LogP contribution < -0.4 is 10.2 Å². The van der Waals surface area contributed by atoms with Crippen molar-refractivity contribution >= 4 is 17.3 Å². The average molecular weight is 295 g/mol. The van der Waals surface area contributed by atoms with E-state index in [1.807, 2.05) is 6.07 Å². The van der Waals surface area contributed by atoms with E-state index in [0.717, 1.165) is 30.6 Å². The van der Waals surface area contributed by atoms with Gasteiger partial charge in [0, 0.05) is 35.9 Å². The second kappa shape index (κ2) is 6.36. The van der Waals surface area contributed by atoms with E-state index >= 15 is 0 Å². The van der Waals surface area contributed by atoms with E-state index < -0.39 is 0 Å². The summed E-state index contributed by atoms with van der Waals surface area (Å²) in [6, 6.07) is 6.29. The van der Waals surface area contributed by atoms with E-state index in [1.54, 1.807) is 0 Å². The molecule has 1 aromatic carbocycles. The molecule has 0 radical (unpaired) electrons. The zero-order chi connectivity index (χ0) is 14.8. The van der Waals surface area contributed by atoms with Crippen LogP contribution in [0.2, 0.25) is 5.02 Å². The third-order valence-electron chi connectivity index (χ3n) is 3.98. The maximum Gasteiger partial charge on any atom is 0.0412 e. The Morgan fingerprint density at radius 3 is 2.50 bits per heavy atom. The molecule has 1 heterocycles. The second-order valence-corrected chi connectivity index (χ2v) is 7.48. The minimum absolute atomic E-state index is 0.121. The molecule has 20 heavy (non-hydrogen) atoms. The van der Waals surface area contributed by atoms with Gasteiger partial charge in [-0.25, -0.2) is 0 Å². The van der Waals surface area contributed by atoms with Gasteiger partial charge in [-0.1, -0.05) is 18.5 Å². The summed E-state index contributed by atoms with van der Waals surface area (Å²) >= 11 is 6.18. The minimum Gasteiger partial charge on any atom is -0.371 e. The number of hydrogen-bond acceptors (Lipinski definition) is 2. The molecule has 0 unspecified atom stereocenters. The Morgan fingerprint density at radius 1 is 1.25 bits per heavy atom. The molecule has 1 N–H and O–H groups in total. The van der Waals surface area contributed by atoms with Crippen LogP contribution in [0, 0.1) is 5.92 Å². The lowest BCUT2D eigenvalue weighted by molar-refractivity contribution is 0.420. The summed E-state index contributed by atoms with van der Waals surface area (Å²) in [6.45, 7) is 12.1. The summed E-state index contributed by atoms with van der Waals surface area (Å²) in [5.74, 6) is 0.856. The Bertz CT molecular complexity index is 443. The fourth-order valence-corrected chi connectivity index (χ4v) is 2.81. The highest BCUT2D eigenvalue weighted by Crippen LogP contribution is 2.28. The van der Waals surface area contributed by atoms with Crippen molar-refractivity contribution in [3.63, 3.8) is 0 Å². The molecule has 0 atom stereocenters. The first kappa shape index (κ1) is 15.7. The molecular formula is C17H27ClN2. The van der Waals surface area contributed by atoms with Gasteiger partial charge in [0.05, 0.1) is 0 Å². The predicted octanol–water partition coefficient (Wildman–Crippen LogP) is 4.46. The first-order valence-corrected chi connectivity index (χ1v) is 8.01. The summed E-state index contributed by atoms with van der Waals surface area (Å²) in [7, 11) is 0. The van der Waals surface area contributed by atoms with Gasteiger partial charge in [0.15, 0.2) is 0 Å². The van der Waals surface area contributed by atoms with Crippen LogP contribution in [0.5, 0.6) is 0 Å². The summed E-state index contributed by atoms with van der Waals surface area (Å²) in [4.78, 5) is 2.51. The molecule has 0 aliphatic carbocycles. The largest absolute Gasteiger partial charge is 0.371 e. The molecule has 3 heteroatoms. The van der Waals surface area contributed by atoms with Crippen molar-refractivity contribution in [2.75, 3.05) is 18.0 Å². The van der Waals surface area contributed by atoms with Crippen molar-refractivity contribution in [1.82, 2.24) is 5.32 Å². The van der Waals surface area contributed by atoms with Crippen LogP contribution in [0.4, 0.5) is 5.69 Å².